The van der Waals surface area contributed by atoms with Gasteiger partial charge < -0.3 is 9.63 Å². The van der Waals surface area contributed by atoms with Crippen molar-refractivity contribution in [3.05, 3.63) is 54.1 Å². The van der Waals surface area contributed by atoms with Crippen molar-refractivity contribution in [3.8, 4) is 22.8 Å². The maximum Gasteiger partial charge on any atom is 0.335 e. The third-order valence-electron chi connectivity index (χ3n) is 2.77. The van der Waals surface area contributed by atoms with E-state index in [0.29, 0.717) is 11.1 Å². The van der Waals surface area contributed by atoms with Gasteiger partial charge in [-0.2, -0.15) is 4.98 Å². The number of carboxylic acid groups (broad SMARTS) is 1. The van der Waals surface area contributed by atoms with Gasteiger partial charge in [0, 0.05) is 11.8 Å². The number of aromatic carboxylic acids is 1. The van der Waals surface area contributed by atoms with Crippen LogP contribution in [0.3, 0.4) is 0 Å². The second kappa shape index (κ2) is 5.12. The van der Waals surface area contributed by atoms with E-state index in [-0.39, 0.29) is 17.3 Å². The first-order valence-electron chi connectivity index (χ1n) is 5.92. The van der Waals surface area contributed by atoms with Gasteiger partial charge in [-0.3, -0.25) is 4.98 Å². The Morgan fingerprint density at radius 2 is 1.90 bits per heavy atom. The summed E-state index contributed by atoms with van der Waals surface area (Å²) in [5.74, 6) is -1.09. The van der Waals surface area contributed by atoms with Gasteiger partial charge in [-0.15, -0.1) is 0 Å². The monoisotopic (exact) mass is 285 g/mol. The average molecular weight is 285 g/mol. The molecule has 0 aliphatic carbocycles. The fourth-order valence-electron chi connectivity index (χ4n) is 1.75. The summed E-state index contributed by atoms with van der Waals surface area (Å²) >= 11 is 0. The molecule has 2 aromatic heterocycles. The smallest absolute Gasteiger partial charge is 0.335 e. The van der Waals surface area contributed by atoms with Crippen LogP contribution in [0, 0.1) is 5.82 Å². The van der Waals surface area contributed by atoms with Crippen molar-refractivity contribution in [1.29, 1.82) is 0 Å². The van der Waals surface area contributed by atoms with E-state index in [0.717, 1.165) is 6.20 Å². The number of carboxylic acids is 1. The molecule has 0 saturated carbocycles. The molecule has 1 N–H and O–H groups in total. The molecule has 0 spiro atoms. The Kier molecular flexibility index (Phi) is 3.15. The van der Waals surface area contributed by atoms with Gasteiger partial charge in [-0.25, -0.2) is 9.18 Å². The number of nitrogens with zero attached hydrogens (tertiary/aromatic N) is 3. The molecule has 3 aromatic rings. The van der Waals surface area contributed by atoms with E-state index in [2.05, 4.69) is 15.1 Å². The normalized spacial score (nSPS) is 10.5. The molecule has 0 atom stereocenters. The van der Waals surface area contributed by atoms with Crippen molar-refractivity contribution in [3.63, 3.8) is 0 Å². The maximum atomic E-state index is 13.1. The van der Waals surface area contributed by atoms with E-state index >= 15 is 0 Å². The molecule has 0 aliphatic rings. The van der Waals surface area contributed by atoms with Crippen LogP contribution in [-0.2, 0) is 0 Å². The Balaban J connectivity index is 1.93. The summed E-state index contributed by atoms with van der Waals surface area (Å²) in [4.78, 5) is 18.6. The zero-order chi connectivity index (χ0) is 14.8. The molecular formula is C14H8FN3O3. The molecular weight excluding hydrogens is 277 g/mol. The highest BCUT2D eigenvalue weighted by Gasteiger charge is 2.12. The third kappa shape index (κ3) is 2.62. The standard InChI is InChI=1S/C14H8FN3O3/c15-11-5-10(6-16-7-11)13-17-12(18-21-13)8-1-3-9(4-2-8)14(19)20/h1-7H,(H,19,20). The van der Waals surface area contributed by atoms with E-state index in [1.165, 1.54) is 24.4 Å². The zero-order valence-electron chi connectivity index (χ0n) is 10.5. The van der Waals surface area contributed by atoms with Gasteiger partial charge in [0.15, 0.2) is 0 Å². The average Bonchev–Trinajstić information content (AvgIpc) is 2.97. The van der Waals surface area contributed by atoms with Crippen LogP contribution < -0.4 is 0 Å². The molecule has 104 valence electrons. The van der Waals surface area contributed by atoms with Crippen molar-refractivity contribution in [2.75, 3.05) is 0 Å². The lowest BCUT2D eigenvalue weighted by atomic mass is 10.1. The Morgan fingerprint density at radius 3 is 2.57 bits per heavy atom. The lowest BCUT2D eigenvalue weighted by Gasteiger charge is -1.96. The first-order chi connectivity index (χ1) is 10.1. The molecule has 0 radical (unpaired) electrons. The number of pyridine rings is 1. The first kappa shape index (κ1) is 12.9. The molecule has 7 heteroatoms. The highest BCUT2D eigenvalue weighted by atomic mass is 19.1. The van der Waals surface area contributed by atoms with E-state index in [1.807, 2.05) is 0 Å². The van der Waals surface area contributed by atoms with Crippen LogP contribution in [0.4, 0.5) is 4.39 Å². The Labute approximate surface area is 117 Å². The molecule has 0 saturated heterocycles. The van der Waals surface area contributed by atoms with E-state index in [4.69, 9.17) is 9.63 Å². The second-order valence-electron chi connectivity index (χ2n) is 4.20. The summed E-state index contributed by atoms with van der Waals surface area (Å²) in [7, 11) is 0. The van der Waals surface area contributed by atoms with E-state index < -0.39 is 11.8 Å². The minimum absolute atomic E-state index is 0.138. The van der Waals surface area contributed by atoms with Crippen LogP contribution in [0.2, 0.25) is 0 Å². The van der Waals surface area contributed by atoms with Crippen LogP contribution in [0.1, 0.15) is 10.4 Å². The molecule has 6 nitrogen and oxygen atoms in total. The quantitative estimate of drug-likeness (QED) is 0.795. The lowest BCUT2D eigenvalue weighted by molar-refractivity contribution is 0.0697. The summed E-state index contributed by atoms with van der Waals surface area (Å²) in [6.07, 6.45) is 2.49. The lowest BCUT2D eigenvalue weighted by Crippen LogP contribution is -1.95. The van der Waals surface area contributed by atoms with Gasteiger partial charge >= 0.3 is 5.97 Å². The van der Waals surface area contributed by atoms with Gasteiger partial charge in [0.25, 0.3) is 5.89 Å². The van der Waals surface area contributed by atoms with Gasteiger partial charge in [-0.05, 0) is 18.2 Å². The number of aromatic nitrogens is 3. The number of halogens is 1. The van der Waals surface area contributed by atoms with Crippen molar-refractivity contribution in [2.45, 2.75) is 0 Å². The van der Waals surface area contributed by atoms with Crippen LogP contribution in [-0.4, -0.2) is 26.2 Å². The summed E-state index contributed by atoms with van der Waals surface area (Å²) in [6.45, 7) is 0. The number of carbonyl (C=O) groups is 1. The minimum atomic E-state index is -1.01. The van der Waals surface area contributed by atoms with Crippen molar-refractivity contribution < 1.29 is 18.8 Å². The minimum Gasteiger partial charge on any atom is -0.478 e. The Hall–Kier alpha value is -3.09. The maximum absolute atomic E-state index is 13.1. The number of rotatable bonds is 3. The van der Waals surface area contributed by atoms with Crippen LogP contribution in [0.5, 0.6) is 0 Å². The molecule has 0 bridgehead atoms. The summed E-state index contributed by atoms with van der Waals surface area (Å²) in [5, 5.41) is 12.6. The molecule has 2 heterocycles. The summed E-state index contributed by atoms with van der Waals surface area (Å²) in [6, 6.07) is 7.26. The van der Waals surface area contributed by atoms with Crippen LogP contribution >= 0.6 is 0 Å². The highest BCUT2D eigenvalue weighted by Crippen LogP contribution is 2.22. The molecule has 3 rings (SSSR count). The highest BCUT2D eigenvalue weighted by molar-refractivity contribution is 5.88. The van der Waals surface area contributed by atoms with Crippen molar-refractivity contribution in [1.82, 2.24) is 15.1 Å². The van der Waals surface area contributed by atoms with Gasteiger partial charge in [0.05, 0.1) is 17.3 Å². The van der Waals surface area contributed by atoms with Gasteiger partial charge in [0.2, 0.25) is 5.82 Å². The fraction of sp³-hybridized carbons (Fsp3) is 0. The predicted molar refractivity (Wildman–Crippen MR) is 69.9 cm³/mol. The van der Waals surface area contributed by atoms with Crippen LogP contribution in [0.15, 0.2) is 47.2 Å². The SMILES string of the molecule is O=C(O)c1ccc(-c2noc(-c3cncc(F)c3)n2)cc1. The predicted octanol–water partition coefficient (Wildman–Crippen LogP) is 2.64. The Bertz CT molecular complexity index is 799. The van der Waals surface area contributed by atoms with E-state index in [1.54, 1.807) is 12.1 Å². The molecule has 21 heavy (non-hydrogen) atoms. The Morgan fingerprint density at radius 1 is 1.14 bits per heavy atom. The largest absolute Gasteiger partial charge is 0.478 e. The second-order valence-corrected chi connectivity index (χ2v) is 4.20. The fourth-order valence-corrected chi connectivity index (χ4v) is 1.75. The molecule has 0 unspecified atom stereocenters. The third-order valence-corrected chi connectivity index (χ3v) is 2.77. The van der Waals surface area contributed by atoms with Crippen molar-refractivity contribution >= 4 is 5.97 Å². The zero-order valence-corrected chi connectivity index (χ0v) is 10.5. The molecule has 0 fully saturated rings. The number of benzene rings is 1. The van der Waals surface area contributed by atoms with Gasteiger partial charge in [0.1, 0.15) is 5.82 Å². The molecule has 0 aliphatic heterocycles. The first-order valence-corrected chi connectivity index (χ1v) is 5.92. The van der Waals surface area contributed by atoms with Crippen molar-refractivity contribution in [2.24, 2.45) is 0 Å². The molecule has 0 amide bonds. The summed E-state index contributed by atoms with van der Waals surface area (Å²) < 4.78 is 18.1. The topological polar surface area (TPSA) is 89.1 Å². The van der Waals surface area contributed by atoms with E-state index in [9.17, 15) is 9.18 Å². The van der Waals surface area contributed by atoms with Crippen LogP contribution in [0.25, 0.3) is 22.8 Å². The number of hydrogen-bond acceptors (Lipinski definition) is 5. The van der Waals surface area contributed by atoms with Gasteiger partial charge in [-0.1, -0.05) is 17.3 Å². The summed E-state index contributed by atoms with van der Waals surface area (Å²) in [5.41, 5.74) is 1.13. The molecule has 1 aromatic carbocycles. The number of hydrogen-bond donors (Lipinski definition) is 1.